The minimum absolute atomic E-state index is 0.213. The molecule has 0 aromatic heterocycles. The lowest BCUT2D eigenvalue weighted by Gasteiger charge is -2.38. The Kier molecular flexibility index (Phi) is 5.32. The van der Waals surface area contributed by atoms with E-state index in [1.165, 1.54) is 32.4 Å². The van der Waals surface area contributed by atoms with E-state index in [1.807, 2.05) is 18.2 Å². The average Bonchev–Trinajstić information content (AvgIpc) is 3.33. The number of hydrogen-bond acceptors (Lipinski definition) is 3. The van der Waals surface area contributed by atoms with E-state index in [4.69, 9.17) is 4.74 Å². The van der Waals surface area contributed by atoms with Gasteiger partial charge in [-0.1, -0.05) is 25.1 Å². The summed E-state index contributed by atoms with van der Waals surface area (Å²) in [7, 11) is 0. The van der Waals surface area contributed by atoms with Gasteiger partial charge in [-0.25, -0.2) is 0 Å². The summed E-state index contributed by atoms with van der Waals surface area (Å²) in [5.74, 6) is 0.213. The van der Waals surface area contributed by atoms with Gasteiger partial charge >= 0.3 is 0 Å². The van der Waals surface area contributed by atoms with Crippen LogP contribution < -0.4 is 0 Å². The van der Waals surface area contributed by atoms with E-state index in [0.29, 0.717) is 11.5 Å². The fourth-order valence-electron chi connectivity index (χ4n) is 5.01. The van der Waals surface area contributed by atoms with Crippen molar-refractivity contribution in [3.05, 3.63) is 35.4 Å². The molecule has 142 valence electrons. The highest BCUT2D eigenvalue weighted by atomic mass is 16.5. The first kappa shape index (κ1) is 18.0. The van der Waals surface area contributed by atoms with Crippen LogP contribution in [0.3, 0.4) is 0 Å². The number of hydrogen-bond donors (Lipinski definition) is 0. The van der Waals surface area contributed by atoms with Gasteiger partial charge < -0.3 is 14.5 Å². The standard InChI is InChI=1S/C22H32N2O2/c1-2-18-7-3-4-8-20(18)21(25)24-13-9-22(10-14-24)15-19(26-17-22)16-23-11-5-6-12-23/h3-4,7-8,19H,2,5-6,9-17H2,1H3/t19-/m1/s1. The molecule has 3 aliphatic heterocycles. The van der Waals surface area contributed by atoms with Crippen LogP contribution in [0.15, 0.2) is 24.3 Å². The topological polar surface area (TPSA) is 32.8 Å². The van der Waals surface area contributed by atoms with Crippen LogP contribution in [0.2, 0.25) is 0 Å². The van der Waals surface area contributed by atoms with Gasteiger partial charge in [-0.05, 0) is 68.7 Å². The van der Waals surface area contributed by atoms with Crippen molar-refractivity contribution >= 4 is 5.91 Å². The number of likely N-dealkylation sites (tertiary alicyclic amines) is 2. The molecule has 3 saturated heterocycles. The van der Waals surface area contributed by atoms with Crippen molar-refractivity contribution in [3.8, 4) is 0 Å². The lowest BCUT2D eigenvalue weighted by molar-refractivity contribution is 0.0459. The van der Waals surface area contributed by atoms with Gasteiger partial charge in [0.15, 0.2) is 0 Å². The van der Waals surface area contributed by atoms with Crippen LogP contribution in [-0.4, -0.2) is 61.1 Å². The molecule has 0 aliphatic carbocycles. The molecule has 4 nitrogen and oxygen atoms in total. The Balaban J connectivity index is 1.33. The molecule has 1 amide bonds. The molecule has 0 bridgehead atoms. The molecular weight excluding hydrogens is 324 g/mol. The Bertz CT molecular complexity index is 631. The first-order valence-electron chi connectivity index (χ1n) is 10.4. The Morgan fingerprint density at radius 3 is 2.62 bits per heavy atom. The van der Waals surface area contributed by atoms with Crippen LogP contribution in [0.25, 0.3) is 0 Å². The predicted molar refractivity (Wildman–Crippen MR) is 103 cm³/mol. The second kappa shape index (κ2) is 7.69. The van der Waals surface area contributed by atoms with Crippen LogP contribution in [0.4, 0.5) is 0 Å². The van der Waals surface area contributed by atoms with E-state index >= 15 is 0 Å². The van der Waals surface area contributed by atoms with E-state index in [1.54, 1.807) is 0 Å². The van der Waals surface area contributed by atoms with E-state index in [9.17, 15) is 4.79 Å². The summed E-state index contributed by atoms with van der Waals surface area (Å²) in [5.41, 5.74) is 2.36. The number of piperidine rings is 1. The zero-order valence-corrected chi connectivity index (χ0v) is 16.1. The van der Waals surface area contributed by atoms with Crippen LogP contribution in [0.5, 0.6) is 0 Å². The molecule has 26 heavy (non-hydrogen) atoms. The molecule has 0 radical (unpaired) electrons. The fourth-order valence-corrected chi connectivity index (χ4v) is 5.01. The number of ether oxygens (including phenoxy) is 1. The number of nitrogens with zero attached hydrogens (tertiary/aromatic N) is 2. The Morgan fingerprint density at radius 2 is 1.88 bits per heavy atom. The maximum absolute atomic E-state index is 13.0. The van der Waals surface area contributed by atoms with Crippen LogP contribution in [0, 0.1) is 5.41 Å². The van der Waals surface area contributed by atoms with Gasteiger partial charge in [-0.3, -0.25) is 4.79 Å². The third-order valence-electron chi connectivity index (χ3n) is 6.69. The van der Waals surface area contributed by atoms with E-state index in [2.05, 4.69) is 22.8 Å². The molecular formula is C22H32N2O2. The summed E-state index contributed by atoms with van der Waals surface area (Å²) in [4.78, 5) is 17.6. The van der Waals surface area contributed by atoms with Crippen molar-refractivity contribution in [2.45, 2.75) is 51.6 Å². The van der Waals surface area contributed by atoms with Crippen molar-refractivity contribution in [2.75, 3.05) is 39.3 Å². The van der Waals surface area contributed by atoms with Crippen molar-refractivity contribution in [1.82, 2.24) is 9.80 Å². The highest BCUT2D eigenvalue weighted by Crippen LogP contribution is 2.42. The maximum Gasteiger partial charge on any atom is 0.254 e. The number of rotatable bonds is 4. The molecule has 0 N–H and O–H groups in total. The first-order valence-corrected chi connectivity index (χ1v) is 10.4. The number of amides is 1. The molecule has 3 heterocycles. The second-order valence-electron chi connectivity index (χ2n) is 8.45. The van der Waals surface area contributed by atoms with Crippen LogP contribution in [-0.2, 0) is 11.2 Å². The zero-order valence-electron chi connectivity index (χ0n) is 16.1. The van der Waals surface area contributed by atoms with Gasteiger partial charge in [0, 0.05) is 25.2 Å². The first-order chi connectivity index (χ1) is 12.7. The lowest BCUT2D eigenvalue weighted by Crippen LogP contribution is -2.44. The average molecular weight is 357 g/mol. The summed E-state index contributed by atoms with van der Waals surface area (Å²) in [6.07, 6.45) is 7.34. The Hall–Kier alpha value is -1.39. The highest BCUT2D eigenvalue weighted by molar-refractivity contribution is 5.95. The predicted octanol–water partition coefficient (Wildman–Crippen LogP) is 3.36. The minimum Gasteiger partial charge on any atom is -0.376 e. The van der Waals surface area contributed by atoms with E-state index in [-0.39, 0.29) is 5.91 Å². The fraction of sp³-hybridized carbons (Fsp3) is 0.682. The third-order valence-corrected chi connectivity index (χ3v) is 6.69. The van der Waals surface area contributed by atoms with Crippen LogP contribution in [0.1, 0.15) is 54.9 Å². The smallest absolute Gasteiger partial charge is 0.254 e. The Morgan fingerprint density at radius 1 is 1.15 bits per heavy atom. The largest absolute Gasteiger partial charge is 0.376 e. The summed E-state index contributed by atoms with van der Waals surface area (Å²) in [5, 5.41) is 0. The molecule has 4 heteroatoms. The monoisotopic (exact) mass is 356 g/mol. The summed E-state index contributed by atoms with van der Waals surface area (Å²) in [6, 6.07) is 8.06. The van der Waals surface area contributed by atoms with Crippen molar-refractivity contribution in [1.29, 1.82) is 0 Å². The summed E-state index contributed by atoms with van der Waals surface area (Å²) < 4.78 is 6.18. The molecule has 1 atom stereocenters. The third kappa shape index (κ3) is 3.67. The molecule has 1 spiro atoms. The van der Waals surface area contributed by atoms with Gasteiger partial charge in [0.05, 0.1) is 12.7 Å². The molecule has 3 fully saturated rings. The number of carbonyl (C=O) groups excluding carboxylic acids is 1. The minimum atomic E-state index is 0.213. The van der Waals surface area contributed by atoms with Gasteiger partial charge in [-0.15, -0.1) is 0 Å². The molecule has 3 aliphatic rings. The van der Waals surface area contributed by atoms with Crippen LogP contribution >= 0.6 is 0 Å². The zero-order chi connectivity index (χ0) is 18.0. The molecule has 0 unspecified atom stereocenters. The molecule has 1 aromatic rings. The van der Waals surface area contributed by atoms with E-state index in [0.717, 1.165) is 56.6 Å². The highest BCUT2D eigenvalue weighted by Gasteiger charge is 2.43. The van der Waals surface area contributed by atoms with Crippen molar-refractivity contribution in [2.24, 2.45) is 5.41 Å². The van der Waals surface area contributed by atoms with Gasteiger partial charge in [0.1, 0.15) is 0 Å². The second-order valence-corrected chi connectivity index (χ2v) is 8.45. The Labute approximate surface area is 157 Å². The molecule has 1 aromatic carbocycles. The number of carbonyl (C=O) groups is 1. The van der Waals surface area contributed by atoms with E-state index < -0.39 is 0 Å². The number of aryl methyl sites for hydroxylation is 1. The lowest BCUT2D eigenvalue weighted by atomic mass is 9.76. The summed E-state index contributed by atoms with van der Waals surface area (Å²) in [6.45, 7) is 8.34. The van der Waals surface area contributed by atoms with Gasteiger partial charge in [0.25, 0.3) is 5.91 Å². The van der Waals surface area contributed by atoms with Crippen molar-refractivity contribution in [3.63, 3.8) is 0 Å². The summed E-state index contributed by atoms with van der Waals surface area (Å²) >= 11 is 0. The van der Waals surface area contributed by atoms with Gasteiger partial charge in [0.2, 0.25) is 0 Å². The molecule has 0 saturated carbocycles. The van der Waals surface area contributed by atoms with Crippen molar-refractivity contribution < 1.29 is 9.53 Å². The normalized spacial score (nSPS) is 25.9. The maximum atomic E-state index is 13.0. The SMILES string of the molecule is CCc1ccccc1C(=O)N1CCC2(CC1)CO[C@@H](CN1CCCC1)C2. The van der Waals surface area contributed by atoms with Gasteiger partial charge in [-0.2, -0.15) is 0 Å². The quantitative estimate of drug-likeness (QED) is 0.829. The number of benzene rings is 1. The molecule has 4 rings (SSSR count).